The molecule has 1 fully saturated rings. The predicted molar refractivity (Wildman–Crippen MR) is 73.8 cm³/mol. The molecule has 0 saturated carbocycles. The van der Waals surface area contributed by atoms with Crippen molar-refractivity contribution >= 4 is 11.7 Å². The molecule has 3 heterocycles. The van der Waals surface area contributed by atoms with Crippen molar-refractivity contribution in [3.05, 3.63) is 29.8 Å². The molecule has 1 aliphatic heterocycles. The van der Waals surface area contributed by atoms with Crippen LogP contribution in [0.2, 0.25) is 0 Å². The summed E-state index contributed by atoms with van der Waals surface area (Å²) in [5, 5.41) is 3.40. The number of hydrogen-bond acceptors (Lipinski definition) is 5. The zero-order chi connectivity index (χ0) is 13.9. The van der Waals surface area contributed by atoms with E-state index in [1.807, 2.05) is 10.5 Å². The zero-order valence-electron chi connectivity index (χ0n) is 11.5. The topological polar surface area (TPSA) is 68.5 Å². The van der Waals surface area contributed by atoms with Gasteiger partial charge in [-0.3, -0.25) is 4.40 Å². The zero-order valence-corrected chi connectivity index (χ0v) is 11.5. The van der Waals surface area contributed by atoms with Crippen LogP contribution in [0.4, 0.5) is 0 Å². The molecule has 20 heavy (non-hydrogen) atoms. The fourth-order valence-electron chi connectivity index (χ4n) is 2.65. The number of carbonyl (C=O) groups excluding carboxylic acids is 1. The Labute approximate surface area is 117 Å². The smallest absolute Gasteiger partial charge is 0.358 e. The first kappa shape index (κ1) is 13.1. The third-order valence-electron chi connectivity index (χ3n) is 3.60. The number of aromatic nitrogens is 3. The van der Waals surface area contributed by atoms with Crippen molar-refractivity contribution in [1.29, 1.82) is 0 Å². The molecule has 1 atom stereocenters. The molecule has 0 radical (unpaired) electrons. The average Bonchev–Trinajstić information content (AvgIpc) is 2.92. The van der Waals surface area contributed by atoms with Crippen LogP contribution < -0.4 is 5.32 Å². The van der Waals surface area contributed by atoms with E-state index in [1.165, 1.54) is 0 Å². The summed E-state index contributed by atoms with van der Waals surface area (Å²) in [5.41, 5.74) is 1.46. The van der Waals surface area contributed by atoms with Crippen molar-refractivity contribution < 1.29 is 9.53 Å². The summed E-state index contributed by atoms with van der Waals surface area (Å²) in [6.07, 6.45) is 5.78. The lowest BCUT2D eigenvalue weighted by molar-refractivity contribution is 0.0520. The number of hydrogen-bond donors (Lipinski definition) is 1. The van der Waals surface area contributed by atoms with Crippen molar-refractivity contribution in [2.45, 2.75) is 25.7 Å². The minimum Gasteiger partial charge on any atom is -0.461 e. The van der Waals surface area contributed by atoms with Gasteiger partial charge in [0.05, 0.1) is 6.61 Å². The second-order valence-corrected chi connectivity index (χ2v) is 4.93. The Kier molecular flexibility index (Phi) is 3.64. The van der Waals surface area contributed by atoms with Gasteiger partial charge in [0, 0.05) is 30.6 Å². The fraction of sp³-hybridized carbons (Fsp3) is 0.500. The van der Waals surface area contributed by atoms with Gasteiger partial charge < -0.3 is 10.1 Å². The summed E-state index contributed by atoms with van der Waals surface area (Å²) in [6.45, 7) is 4.15. The Morgan fingerprint density at radius 1 is 1.60 bits per heavy atom. The van der Waals surface area contributed by atoms with Gasteiger partial charge in [-0.2, -0.15) is 0 Å². The molecule has 0 aliphatic carbocycles. The van der Waals surface area contributed by atoms with E-state index in [1.54, 1.807) is 19.3 Å². The molecular formula is C14H18N4O2. The van der Waals surface area contributed by atoms with E-state index in [9.17, 15) is 4.79 Å². The SMILES string of the molecule is CCOC(=O)c1cn2c(C3CCCNC3)ccnc2n1. The summed E-state index contributed by atoms with van der Waals surface area (Å²) in [6, 6.07) is 2.00. The van der Waals surface area contributed by atoms with Crippen molar-refractivity contribution in [3.8, 4) is 0 Å². The van der Waals surface area contributed by atoms with Gasteiger partial charge in [0.15, 0.2) is 5.69 Å². The van der Waals surface area contributed by atoms with Crippen LogP contribution in [0.25, 0.3) is 5.78 Å². The maximum Gasteiger partial charge on any atom is 0.358 e. The summed E-state index contributed by atoms with van der Waals surface area (Å²) in [7, 11) is 0. The minimum atomic E-state index is -0.397. The summed E-state index contributed by atoms with van der Waals surface area (Å²) in [5.74, 6) is 0.584. The molecule has 1 N–H and O–H groups in total. The standard InChI is InChI=1S/C14H18N4O2/c1-2-20-13(19)11-9-18-12(5-7-16-14(18)17-11)10-4-3-6-15-8-10/h5,7,9-10,15H,2-4,6,8H2,1H3. The van der Waals surface area contributed by atoms with Crippen LogP contribution in [0.1, 0.15) is 41.9 Å². The van der Waals surface area contributed by atoms with Gasteiger partial charge in [0.25, 0.3) is 0 Å². The molecular weight excluding hydrogens is 256 g/mol. The van der Waals surface area contributed by atoms with E-state index in [-0.39, 0.29) is 0 Å². The first-order chi connectivity index (χ1) is 9.79. The second kappa shape index (κ2) is 5.58. The van der Waals surface area contributed by atoms with Gasteiger partial charge >= 0.3 is 5.97 Å². The number of rotatable bonds is 3. The lowest BCUT2D eigenvalue weighted by Crippen LogP contribution is -2.29. The van der Waals surface area contributed by atoms with Crippen LogP contribution in [0.15, 0.2) is 18.5 Å². The van der Waals surface area contributed by atoms with Gasteiger partial charge in [-0.25, -0.2) is 14.8 Å². The van der Waals surface area contributed by atoms with E-state index in [2.05, 4.69) is 15.3 Å². The van der Waals surface area contributed by atoms with Gasteiger partial charge in [-0.05, 0) is 32.4 Å². The molecule has 106 valence electrons. The number of imidazole rings is 1. The quantitative estimate of drug-likeness (QED) is 0.856. The van der Waals surface area contributed by atoms with E-state index < -0.39 is 5.97 Å². The third-order valence-corrected chi connectivity index (χ3v) is 3.60. The predicted octanol–water partition coefficient (Wildman–Crippen LogP) is 1.37. The van der Waals surface area contributed by atoms with Crippen LogP contribution in [-0.2, 0) is 4.74 Å². The molecule has 6 heteroatoms. The summed E-state index contributed by atoms with van der Waals surface area (Å²) in [4.78, 5) is 20.2. The molecule has 2 aromatic heterocycles. The average molecular weight is 274 g/mol. The van der Waals surface area contributed by atoms with E-state index in [4.69, 9.17) is 4.74 Å². The van der Waals surface area contributed by atoms with Gasteiger partial charge in [-0.1, -0.05) is 0 Å². The first-order valence-electron chi connectivity index (χ1n) is 7.01. The van der Waals surface area contributed by atoms with E-state index in [0.717, 1.165) is 31.6 Å². The highest BCUT2D eigenvalue weighted by molar-refractivity contribution is 5.87. The Balaban J connectivity index is 1.98. The Morgan fingerprint density at radius 2 is 2.50 bits per heavy atom. The highest BCUT2D eigenvalue weighted by atomic mass is 16.5. The van der Waals surface area contributed by atoms with Gasteiger partial charge in [0.1, 0.15) is 0 Å². The molecule has 0 amide bonds. The molecule has 0 bridgehead atoms. The van der Waals surface area contributed by atoms with Crippen molar-refractivity contribution in [2.24, 2.45) is 0 Å². The normalized spacial score (nSPS) is 19.1. The number of fused-ring (bicyclic) bond motifs is 1. The number of nitrogens with one attached hydrogen (secondary N) is 1. The van der Waals surface area contributed by atoms with Crippen LogP contribution >= 0.6 is 0 Å². The first-order valence-corrected chi connectivity index (χ1v) is 7.01. The van der Waals surface area contributed by atoms with Crippen LogP contribution in [-0.4, -0.2) is 40.0 Å². The van der Waals surface area contributed by atoms with Gasteiger partial charge in [-0.15, -0.1) is 0 Å². The lowest BCUT2D eigenvalue weighted by Gasteiger charge is -2.23. The number of nitrogens with zero attached hydrogens (tertiary/aromatic N) is 3. The molecule has 1 saturated heterocycles. The number of ether oxygens (including phenoxy) is 1. The largest absolute Gasteiger partial charge is 0.461 e. The number of carbonyl (C=O) groups is 1. The molecule has 0 aromatic carbocycles. The van der Waals surface area contributed by atoms with Gasteiger partial charge in [0.2, 0.25) is 5.78 Å². The maximum atomic E-state index is 11.8. The second-order valence-electron chi connectivity index (χ2n) is 4.93. The van der Waals surface area contributed by atoms with Crippen molar-refractivity contribution in [2.75, 3.05) is 19.7 Å². The molecule has 1 unspecified atom stereocenters. The van der Waals surface area contributed by atoms with Crippen molar-refractivity contribution in [1.82, 2.24) is 19.7 Å². The highest BCUT2D eigenvalue weighted by Crippen LogP contribution is 2.23. The molecule has 1 aliphatic rings. The number of piperidine rings is 1. The number of esters is 1. The maximum absolute atomic E-state index is 11.8. The lowest BCUT2D eigenvalue weighted by atomic mass is 9.96. The molecule has 2 aromatic rings. The highest BCUT2D eigenvalue weighted by Gasteiger charge is 2.20. The van der Waals surface area contributed by atoms with Crippen LogP contribution in [0.3, 0.4) is 0 Å². The van der Waals surface area contributed by atoms with E-state index >= 15 is 0 Å². The molecule has 6 nitrogen and oxygen atoms in total. The monoisotopic (exact) mass is 274 g/mol. The Hall–Kier alpha value is -1.95. The van der Waals surface area contributed by atoms with Crippen LogP contribution in [0, 0.1) is 0 Å². The van der Waals surface area contributed by atoms with E-state index in [0.29, 0.717) is 24.0 Å². The summed E-state index contributed by atoms with van der Waals surface area (Å²) < 4.78 is 6.89. The minimum absolute atomic E-state index is 0.315. The molecule has 3 rings (SSSR count). The van der Waals surface area contributed by atoms with Crippen LogP contribution in [0.5, 0.6) is 0 Å². The van der Waals surface area contributed by atoms with Crippen molar-refractivity contribution in [3.63, 3.8) is 0 Å². The Bertz CT molecular complexity index is 617. The third kappa shape index (κ3) is 2.38. The molecule has 0 spiro atoms. The summed E-state index contributed by atoms with van der Waals surface area (Å²) >= 11 is 0. The fourth-order valence-corrected chi connectivity index (χ4v) is 2.65. The Morgan fingerprint density at radius 3 is 3.25 bits per heavy atom.